The molecule has 42 heteroatoms. The maximum atomic E-state index is 11.8. The van der Waals surface area contributed by atoms with Gasteiger partial charge in [-0.25, -0.2) is 0 Å². The second-order valence-electron chi connectivity index (χ2n) is 17.9. The summed E-state index contributed by atoms with van der Waals surface area (Å²) < 4.78 is 417. The third kappa shape index (κ3) is 25.4. The summed E-state index contributed by atoms with van der Waals surface area (Å²) in [4.78, 5) is 0. The van der Waals surface area contributed by atoms with E-state index in [1.165, 1.54) is 44.5 Å². The Balaban J connectivity index is -0.000000475. The van der Waals surface area contributed by atoms with E-state index in [1.807, 2.05) is 26.0 Å². The SMILES string of the molecule is Cc1cccc(C)c1.Cc1cccc(C)c1.Cc1cccc(C)c1.FC(F)(F)C([O][AlH2])(C(F)(F)F)C(F)(F)F.OC(C(F)(F)F)(C(F)(F)F)C(F)(F)F.OC(C(F)(F)F)(C(F)(F)F)C(F)(F)F.OC(C(F)(F)F)(C(F)(F)F)C(F)(F)F.[B]c1cc(C)cc(C)c1. The van der Waals surface area contributed by atoms with E-state index in [-0.39, 0.29) is 0 Å². The van der Waals surface area contributed by atoms with E-state index >= 15 is 0 Å². The fourth-order valence-corrected chi connectivity index (χ4v) is 6.40. The van der Waals surface area contributed by atoms with Crippen LogP contribution < -0.4 is 5.46 Å². The molecule has 0 aliphatic heterocycles. The molecule has 0 spiro atoms. The Morgan fingerprint density at radius 3 is 0.444 bits per heavy atom. The monoisotopic (exact) mass is 1410 g/mol. The standard InChI is InChI=1S/C8H9B.3C8H10.3C4HF9O.C4F9O.Al.2H/c1-6-3-7(2)5-8(9)4-6;3*1-7-4-3-5-8(2)6-7;4*5-2(6,7)1(14,3(8,9)10)4(11,12)13;;;/h3-5H,1-2H3;3*3-6H,1-2H3;3*14H;;;;/q;;;;;;;-1;+1;;. The van der Waals surface area contributed by atoms with Gasteiger partial charge in [0.2, 0.25) is 0 Å². The van der Waals surface area contributed by atoms with Crippen LogP contribution in [0.4, 0.5) is 158 Å². The fourth-order valence-electron chi connectivity index (χ4n) is 5.71. The van der Waals surface area contributed by atoms with E-state index in [2.05, 4.69) is 124 Å². The molecule has 0 fully saturated rings. The first-order valence-corrected chi connectivity index (χ1v) is 23.4. The molecule has 0 bridgehead atoms. The third-order valence-corrected chi connectivity index (χ3v) is 10.6. The highest BCUT2D eigenvalue weighted by Gasteiger charge is 2.86. The van der Waals surface area contributed by atoms with Gasteiger partial charge in [-0.1, -0.05) is 141 Å². The molecule has 0 heterocycles. The molecular formula is C48H44AlBF36O4. The number of aryl methyl sites for hydroxylation is 8. The van der Waals surface area contributed by atoms with Gasteiger partial charge in [0.1, 0.15) is 7.85 Å². The largest absolute Gasteiger partial charge is 0.482 e. The zero-order valence-corrected chi connectivity index (χ0v) is 48.1. The van der Waals surface area contributed by atoms with E-state index in [0.29, 0.717) is 0 Å². The molecule has 0 aromatic heterocycles. The number of aliphatic hydroxyl groups is 3. The van der Waals surface area contributed by atoms with Gasteiger partial charge in [0.15, 0.2) is 0 Å². The van der Waals surface area contributed by atoms with Crippen LogP contribution in [0.25, 0.3) is 0 Å². The summed E-state index contributed by atoms with van der Waals surface area (Å²) in [6.07, 6.45) is -81.7. The molecule has 0 aliphatic carbocycles. The summed E-state index contributed by atoms with van der Waals surface area (Å²) in [6, 6.07) is 31.4. The predicted molar refractivity (Wildman–Crippen MR) is 249 cm³/mol. The smallest absolute Gasteiger partial charge is 0.435 e. The van der Waals surface area contributed by atoms with Gasteiger partial charge < -0.3 is 19.1 Å². The molecule has 0 amide bonds. The van der Waals surface area contributed by atoms with E-state index < -0.39 is 113 Å². The van der Waals surface area contributed by atoms with Gasteiger partial charge in [0, 0.05) is 0 Å². The predicted octanol–water partition coefficient (Wildman–Crippen LogP) is 17.2. The van der Waals surface area contributed by atoms with Crippen molar-refractivity contribution in [1.29, 1.82) is 0 Å². The van der Waals surface area contributed by atoms with Crippen molar-refractivity contribution in [3.8, 4) is 0 Å². The summed E-state index contributed by atoms with van der Waals surface area (Å²) in [5.41, 5.74) is -14.8. The van der Waals surface area contributed by atoms with Crippen LogP contribution in [0.3, 0.4) is 0 Å². The lowest BCUT2D eigenvalue weighted by atomic mass is 9.93. The van der Waals surface area contributed by atoms with Crippen molar-refractivity contribution >= 4 is 29.9 Å². The molecule has 0 saturated heterocycles. The van der Waals surface area contributed by atoms with E-state index in [9.17, 15) is 158 Å². The van der Waals surface area contributed by atoms with Crippen LogP contribution in [0.5, 0.6) is 0 Å². The first-order valence-electron chi connectivity index (χ1n) is 22.6. The van der Waals surface area contributed by atoms with Gasteiger partial charge in [-0.05, 0) is 55.4 Å². The number of hydrogen-bond donors (Lipinski definition) is 3. The van der Waals surface area contributed by atoms with Gasteiger partial charge in [-0.15, -0.1) is 0 Å². The number of alkyl halides is 36. The number of benzene rings is 4. The van der Waals surface area contributed by atoms with Crippen molar-refractivity contribution in [3.05, 3.63) is 136 Å². The van der Waals surface area contributed by atoms with Crippen molar-refractivity contribution in [1.82, 2.24) is 0 Å². The minimum Gasteiger partial charge on any atom is -0.482 e. The molecule has 3 N–H and O–H groups in total. The van der Waals surface area contributed by atoms with Gasteiger partial charge in [0.25, 0.3) is 0 Å². The molecular weight excluding hydrogens is 1360 g/mol. The van der Waals surface area contributed by atoms with Crippen LogP contribution in [-0.2, 0) is 3.79 Å². The molecule has 4 aromatic rings. The molecule has 2 radical (unpaired) electrons. The second-order valence-corrected chi connectivity index (χ2v) is 18.3. The van der Waals surface area contributed by atoms with Crippen LogP contribution in [0.1, 0.15) is 44.5 Å². The lowest BCUT2D eigenvalue weighted by molar-refractivity contribution is -0.448. The average Bonchev–Trinajstić information content (AvgIpc) is 0.771. The topological polar surface area (TPSA) is 69.9 Å². The van der Waals surface area contributed by atoms with E-state index in [0.717, 1.165) is 5.46 Å². The van der Waals surface area contributed by atoms with Crippen LogP contribution in [0.2, 0.25) is 0 Å². The third-order valence-electron chi connectivity index (χ3n) is 9.96. The Morgan fingerprint density at radius 2 is 0.389 bits per heavy atom. The minimum absolute atomic E-state index is 0.854. The molecule has 518 valence electrons. The summed E-state index contributed by atoms with van der Waals surface area (Å²) in [5.74, 6) is 0. The first kappa shape index (κ1) is 91.2. The number of hydrogen-bond acceptors (Lipinski definition) is 4. The fraction of sp³-hybridized carbons (Fsp3) is 0.500. The van der Waals surface area contributed by atoms with Crippen LogP contribution in [0.15, 0.2) is 91.0 Å². The van der Waals surface area contributed by atoms with Gasteiger partial charge >= 0.3 is 113 Å². The Labute approximate surface area is 494 Å². The van der Waals surface area contributed by atoms with Gasteiger partial charge in [0.05, 0.1) is 0 Å². The molecule has 0 atom stereocenters. The van der Waals surface area contributed by atoms with E-state index in [4.69, 9.17) is 23.2 Å². The highest BCUT2D eigenvalue weighted by molar-refractivity contribution is 6.32. The highest BCUT2D eigenvalue weighted by atomic mass is 27.1. The number of rotatable bonds is 1. The average molecular weight is 1410 g/mol. The van der Waals surface area contributed by atoms with Crippen LogP contribution in [-0.4, -0.2) is 136 Å². The van der Waals surface area contributed by atoms with E-state index in [1.54, 1.807) is 0 Å². The normalized spacial score (nSPS) is 13.4. The maximum Gasteiger partial charge on any atom is 0.435 e. The zero-order chi connectivity index (χ0) is 73.5. The molecule has 0 aliphatic rings. The molecule has 4 aromatic carbocycles. The summed E-state index contributed by atoms with van der Waals surface area (Å²) in [7, 11) is 5.56. The summed E-state index contributed by atoms with van der Waals surface area (Å²) >= 11 is -1.37. The zero-order valence-electron chi connectivity index (χ0n) is 46.1. The Kier molecular flexibility index (Phi) is 32.5. The summed E-state index contributed by atoms with van der Waals surface area (Å²) in [6.45, 7) is 16.7. The van der Waals surface area contributed by atoms with Crippen molar-refractivity contribution in [3.63, 3.8) is 0 Å². The van der Waals surface area contributed by atoms with Crippen molar-refractivity contribution < 1.29 is 177 Å². The quantitative estimate of drug-likeness (QED) is 0.131. The minimum atomic E-state index is -6.87. The van der Waals surface area contributed by atoms with Crippen molar-refractivity contribution in [2.24, 2.45) is 0 Å². The number of halogens is 36. The van der Waals surface area contributed by atoms with Crippen LogP contribution >= 0.6 is 0 Å². The first-order chi connectivity index (χ1) is 39.1. The lowest BCUT2D eigenvalue weighted by Crippen LogP contribution is -2.67. The van der Waals surface area contributed by atoms with Crippen molar-refractivity contribution in [2.75, 3.05) is 0 Å². The lowest BCUT2D eigenvalue weighted by Gasteiger charge is -2.38. The highest BCUT2D eigenvalue weighted by Crippen LogP contribution is 2.56. The summed E-state index contributed by atoms with van der Waals surface area (Å²) in [5, 5.41) is 22.9. The van der Waals surface area contributed by atoms with Crippen LogP contribution in [0, 0.1) is 55.4 Å². The van der Waals surface area contributed by atoms with Gasteiger partial charge in [-0.3, -0.25) is 0 Å². The van der Waals surface area contributed by atoms with Gasteiger partial charge in [-0.2, -0.15) is 158 Å². The Morgan fingerprint density at radius 1 is 0.256 bits per heavy atom. The maximum absolute atomic E-state index is 11.8. The molecule has 90 heavy (non-hydrogen) atoms. The molecule has 0 saturated carbocycles. The van der Waals surface area contributed by atoms with Crippen molar-refractivity contribution in [2.45, 2.75) is 152 Å². The second kappa shape index (κ2) is 32.1. The Hall–Kier alpha value is -5.20. The molecule has 4 nitrogen and oxygen atoms in total. The molecule has 0 unspecified atom stereocenters. The Bertz CT molecular complexity index is 2290. The molecule has 4 rings (SSSR count).